The van der Waals surface area contributed by atoms with Crippen molar-refractivity contribution in [2.45, 2.75) is 57.8 Å². The molecule has 0 aromatic heterocycles. The van der Waals surface area contributed by atoms with Crippen LogP contribution in [-0.4, -0.2) is 0 Å². The molecule has 162 valence electrons. The molecular formula is C28H29F3. The highest BCUT2D eigenvalue weighted by molar-refractivity contribution is 5.46. The highest BCUT2D eigenvalue weighted by Crippen LogP contribution is 2.40. The normalized spacial score (nSPS) is 22.9. The zero-order valence-electron chi connectivity index (χ0n) is 17.9. The fraction of sp³-hybridized carbons (Fsp3) is 0.429. The van der Waals surface area contributed by atoms with Gasteiger partial charge in [-0.3, -0.25) is 0 Å². The van der Waals surface area contributed by atoms with Gasteiger partial charge in [0.1, 0.15) is 0 Å². The lowest BCUT2D eigenvalue weighted by Gasteiger charge is -2.36. The number of hydrogen-bond acceptors (Lipinski definition) is 0. The van der Waals surface area contributed by atoms with E-state index in [-0.39, 0.29) is 5.56 Å². The third kappa shape index (κ3) is 5.24. The van der Waals surface area contributed by atoms with Gasteiger partial charge in [0.15, 0.2) is 17.5 Å². The maximum absolute atomic E-state index is 13.4. The van der Waals surface area contributed by atoms with Gasteiger partial charge >= 0.3 is 0 Å². The number of fused-ring (bicyclic) bond motifs is 1. The molecule has 4 rings (SSSR count). The van der Waals surface area contributed by atoms with Crippen molar-refractivity contribution in [1.29, 1.82) is 0 Å². The van der Waals surface area contributed by atoms with E-state index < -0.39 is 17.5 Å². The summed E-state index contributed by atoms with van der Waals surface area (Å²) >= 11 is 0. The van der Waals surface area contributed by atoms with Gasteiger partial charge in [0.05, 0.1) is 0 Å². The largest absolute Gasteiger partial charge is 0.204 e. The average Bonchev–Trinajstić information content (AvgIpc) is 2.79. The highest BCUT2D eigenvalue weighted by Gasteiger charge is 2.29. The molecule has 0 heterocycles. The van der Waals surface area contributed by atoms with Crippen LogP contribution in [0.15, 0.2) is 43.0 Å². The van der Waals surface area contributed by atoms with Gasteiger partial charge in [0.2, 0.25) is 0 Å². The van der Waals surface area contributed by atoms with E-state index in [1.165, 1.54) is 49.7 Å². The Kier molecular flexibility index (Phi) is 6.86. The Hall–Kier alpha value is -2.47. The maximum Gasteiger partial charge on any atom is 0.194 e. The molecule has 2 aliphatic rings. The van der Waals surface area contributed by atoms with Gasteiger partial charge in [0, 0.05) is 11.1 Å². The third-order valence-corrected chi connectivity index (χ3v) is 7.14. The van der Waals surface area contributed by atoms with Crippen LogP contribution in [0.2, 0.25) is 0 Å². The molecule has 2 aliphatic carbocycles. The van der Waals surface area contributed by atoms with Crippen molar-refractivity contribution in [3.05, 3.63) is 82.7 Å². The minimum atomic E-state index is -1.46. The Morgan fingerprint density at radius 1 is 0.839 bits per heavy atom. The quantitative estimate of drug-likeness (QED) is 0.274. The molecule has 0 bridgehead atoms. The standard InChI is InChI=1S/C28H29F3/c1-2-3-4-19-7-10-22(11-8-19)24-14-13-23-15-20(9-12-25(23)18-24)5-6-21-16-26(29)28(31)27(30)17-21/h2,9,12,15-17,19,22,24H,1,3-4,7-8,10-11,13-14,18H2. The molecule has 0 spiro atoms. The van der Waals surface area contributed by atoms with Gasteiger partial charge in [-0.25, -0.2) is 13.2 Å². The molecule has 2 aromatic carbocycles. The zero-order chi connectivity index (χ0) is 21.8. The van der Waals surface area contributed by atoms with Crippen molar-refractivity contribution in [2.24, 2.45) is 17.8 Å². The molecule has 1 saturated carbocycles. The Bertz CT molecular complexity index is 980. The van der Waals surface area contributed by atoms with Gasteiger partial charge in [0.25, 0.3) is 0 Å². The van der Waals surface area contributed by atoms with Gasteiger partial charge in [-0.1, -0.05) is 36.8 Å². The van der Waals surface area contributed by atoms with Crippen molar-refractivity contribution >= 4 is 0 Å². The molecule has 31 heavy (non-hydrogen) atoms. The van der Waals surface area contributed by atoms with Crippen LogP contribution in [0.3, 0.4) is 0 Å². The van der Waals surface area contributed by atoms with Gasteiger partial charge in [-0.15, -0.1) is 6.58 Å². The predicted molar refractivity (Wildman–Crippen MR) is 119 cm³/mol. The Balaban J connectivity index is 1.39. The number of allylic oxidation sites excluding steroid dienone is 1. The lowest BCUT2D eigenvalue weighted by Crippen LogP contribution is -2.26. The molecule has 1 fully saturated rings. The van der Waals surface area contributed by atoms with E-state index in [1.807, 2.05) is 12.1 Å². The van der Waals surface area contributed by atoms with Gasteiger partial charge in [-0.05, 0) is 98.1 Å². The molecule has 0 aliphatic heterocycles. The fourth-order valence-corrected chi connectivity index (χ4v) is 5.34. The van der Waals surface area contributed by atoms with Crippen LogP contribution in [0, 0.1) is 47.0 Å². The number of benzene rings is 2. The average molecular weight is 423 g/mol. The Morgan fingerprint density at radius 2 is 1.55 bits per heavy atom. The lowest BCUT2D eigenvalue weighted by molar-refractivity contribution is 0.185. The smallest absolute Gasteiger partial charge is 0.194 e. The van der Waals surface area contributed by atoms with Gasteiger partial charge in [-0.2, -0.15) is 0 Å². The van der Waals surface area contributed by atoms with Crippen LogP contribution in [-0.2, 0) is 12.8 Å². The van der Waals surface area contributed by atoms with E-state index >= 15 is 0 Å². The molecule has 3 heteroatoms. The van der Waals surface area contributed by atoms with E-state index in [0.29, 0.717) is 0 Å². The third-order valence-electron chi connectivity index (χ3n) is 7.14. The monoisotopic (exact) mass is 422 g/mol. The van der Waals surface area contributed by atoms with Gasteiger partial charge < -0.3 is 0 Å². The SMILES string of the molecule is C=CCCC1CCC(C2CCc3cc(C#Cc4cc(F)c(F)c(F)c4)ccc3C2)CC1. The predicted octanol–water partition coefficient (Wildman–Crippen LogP) is 7.38. The minimum Gasteiger partial charge on any atom is -0.204 e. The number of rotatable bonds is 4. The maximum atomic E-state index is 13.4. The first-order chi connectivity index (χ1) is 15.0. The molecule has 0 nitrogen and oxygen atoms in total. The molecule has 0 radical (unpaired) electrons. The van der Waals surface area contributed by atoms with Crippen LogP contribution < -0.4 is 0 Å². The first kappa shape index (κ1) is 21.8. The topological polar surface area (TPSA) is 0 Å². The second-order valence-corrected chi connectivity index (χ2v) is 9.14. The molecule has 1 atom stereocenters. The molecule has 0 saturated heterocycles. The summed E-state index contributed by atoms with van der Waals surface area (Å²) in [5, 5.41) is 0. The summed E-state index contributed by atoms with van der Waals surface area (Å²) in [5.74, 6) is 4.34. The van der Waals surface area contributed by atoms with Crippen LogP contribution in [0.5, 0.6) is 0 Å². The second-order valence-electron chi connectivity index (χ2n) is 9.14. The minimum absolute atomic E-state index is 0.137. The number of hydrogen-bond donors (Lipinski definition) is 0. The first-order valence-electron chi connectivity index (χ1n) is 11.4. The summed E-state index contributed by atoms with van der Waals surface area (Å²) in [6, 6.07) is 8.10. The van der Waals surface area contributed by atoms with Crippen LogP contribution >= 0.6 is 0 Å². The molecule has 1 unspecified atom stereocenters. The van der Waals surface area contributed by atoms with Crippen LogP contribution in [0.1, 0.15) is 67.2 Å². The van der Waals surface area contributed by atoms with Crippen molar-refractivity contribution in [1.82, 2.24) is 0 Å². The lowest BCUT2D eigenvalue weighted by atomic mass is 9.69. The van der Waals surface area contributed by atoms with E-state index in [0.717, 1.165) is 54.7 Å². The molecule has 0 N–H and O–H groups in total. The van der Waals surface area contributed by atoms with Crippen molar-refractivity contribution in [3.8, 4) is 11.8 Å². The van der Waals surface area contributed by atoms with E-state index in [9.17, 15) is 13.2 Å². The van der Waals surface area contributed by atoms with Crippen molar-refractivity contribution in [2.75, 3.05) is 0 Å². The number of aryl methyl sites for hydroxylation is 1. The van der Waals surface area contributed by atoms with Crippen molar-refractivity contribution < 1.29 is 13.2 Å². The highest BCUT2D eigenvalue weighted by atomic mass is 19.2. The van der Waals surface area contributed by atoms with E-state index in [1.54, 1.807) is 0 Å². The summed E-state index contributed by atoms with van der Waals surface area (Å²) in [4.78, 5) is 0. The Morgan fingerprint density at radius 3 is 2.26 bits per heavy atom. The van der Waals surface area contributed by atoms with E-state index in [2.05, 4.69) is 30.6 Å². The number of halogens is 3. The summed E-state index contributed by atoms with van der Waals surface area (Å²) in [6.07, 6.45) is 13.3. The molecule has 0 amide bonds. The second kappa shape index (κ2) is 9.77. The van der Waals surface area contributed by atoms with Crippen LogP contribution in [0.25, 0.3) is 0 Å². The summed E-state index contributed by atoms with van der Waals surface area (Å²) in [7, 11) is 0. The first-order valence-corrected chi connectivity index (χ1v) is 11.4. The zero-order valence-corrected chi connectivity index (χ0v) is 17.9. The summed E-state index contributed by atoms with van der Waals surface area (Å²) in [6.45, 7) is 3.85. The molecule has 2 aromatic rings. The van der Waals surface area contributed by atoms with Crippen LogP contribution in [0.4, 0.5) is 13.2 Å². The summed E-state index contributed by atoms with van der Waals surface area (Å²) < 4.78 is 39.8. The molecular weight excluding hydrogens is 393 g/mol. The summed E-state index contributed by atoms with van der Waals surface area (Å²) in [5.41, 5.74) is 3.71. The fourth-order valence-electron chi connectivity index (χ4n) is 5.34. The van der Waals surface area contributed by atoms with Crippen molar-refractivity contribution in [3.63, 3.8) is 0 Å². The Labute approximate surface area is 183 Å². The van der Waals surface area contributed by atoms with E-state index in [4.69, 9.17) is 0 Å².